The maximum absolute atomic E-state index is 11.8. The van der Waals surface area contributed by atoms with E-state index in [1.807, 2.05) is 0 Å². The van der Waals surface area contributed by atoms with Crippen LogP contribution in [-0.4, -0.2) is 63.3 Å². The van der Waals surface area contributed by atoms with E-state index in [0.29, 0.717) is 6.42 Å². The van der Waals surface area contributed by atoms with Gasteiger partial charge in [0.25, 0.3) is 0 Å². The molecule has 0 fully saturated rings. The molecule has 0 radical (unpaired) electrons. The smallest absolute Gasteiger partial charge is 0.310 e. The molecule has 1 amide bonds. The Morgan fingerprint density at radius 1 is 0.744 bits per heavy atom. The number of unbranched alkanes of at least 4 members (excludes halogenated alkanes) is 12. The first-order valence-electron chi connectivity index (χ1n) is 14.0. The number of carbonyl (C=O) groups excluding carboxylic acids is 3. The summed E-state index contributed by atoms with van der Waals surface area (Å²) < 4.78 is 25.6. The van der Waals surface area contributed by atoms with Crippen molar-refractivity contribution in [3.63, 3.8) is 0 Å². The average Bonchev–Trinajstić information content (AvgIpc) is 3.34. The quantitative estimate of drug-likeness (QED) is 0.127. The number of aromatic amines is 1. The summed E-state index contributed by atoms with van der Waals surface area (Å²) in [5.41, 5.74) is 0. The fourth-order valence-electron chi connectivity index (χ4n) is 3.80. The van der Waals surface area contributed by atoms with Crippen LogP contribution >= 0.6 is 0 Å². The van der Waals surface area contributed by atoms with Crippen molar-refractivity contribution in [2.24, 2.45) is 0 Å². The molecular weight excluding hydrogens is 526 g/mol. The first-order valence-corrected chi connectivity index (χ1v) is 15.6. The van der Waals surface area contributed by atoms with E-state index in [-0.39, 0.29) is 43.0 Å². The van der Waals surface area contributed by atoms with Crippen molar-refractivity contribution in [2.75, 3.05) is 5.75 Å². The van der Waals surface area contributed by atoms with Crippen molar-refractivity contribution in [2.45, 2.75) is 129 Å². The summed E-state index contributed by atoms with van der Waals surface area (Å²) in [6, 6.07) is 0. The summed E-state index contributed by atoms with van der Waals surface area (Å²) in [6.45, 7) is 2.67. The number of nitrogens with zero attached hydrogens (tertiary/aromatic N) is 3. The largest absolute Gasteiger partial charge is 0.481 e. The fourth-order valence-corrected chi connectivity index (χ4v) is 4.88. The van der Waals surface area contributed by atoms with Crippen LogP contribution in [0.5, 0.6) is 0 Å². The van der Waals surface area contributed by atoms with Gasteiger partial charge in [0.2, 0.25) is 15.9 Å². The number of hydrogen-bond donors (Lipinski definition) is 3. The lowest BCUT2D eigenvalue weighted by Crippen LogP contribution is -2.32. The van der Waals surface area contributed by atoms with E-state index in [1.54, 1.807) is 0 Å². The van der Waals surface area contributed by atoms with Crippen LogP contribution in [0.1, 0.15) is 129 Å². The van der Waals surface area contributed by atoms with Gasteiger partial charge in [-0.05, 0) is 33.1 Å². The van der Waals surface area contributed by atoms with Crippen LogP contribution in [0.15, 0.2) is 0 Å². The Bertz CT molecular complexity index is 909. The number of carbonyl (C=O) groups is 4. The first kappa shape index (κ1) is 36.3. The normalized spacial score (nSPS) is 10.9. The van der Waals surface area contributed by atoms with Crippen molar-refractivity contribution in [1.82, 2.24) is 25.3 Å². The van der Waals surface area contributed by atoms with Crippen molar-refractivity contribution >= 4 is 33.5 Å². The number of aromatic nitrogens is 4. The SMILES string of the molecule is CC(=O)CC(=O)O.CC(=O)CCCS(=O)(=O)NC(=O)CCCCCCCCCCCCCCCc1nn[nH]n1. The summed E-state index contributed by atoms with van der Waals surface area (Å²) >= 11 is 0. The summed E-state index contributed by atoms with van der Waals surface area (Å²) in [5.74, 6) is -1.24. The Morgan fingerprint density at radius 3 is 1.67 bits per heavy atom. The van der Waals surface area contributed by atoms with Crippen LogP contribution in [0, 0.1) is 0 Å². The van der Waals surface area contributed by atoms with Crippen LogP contribution in [0.25, 0.3) is 0 Å². The number of sulfonamides is 1. The first-order chi connectivity index (χ1) is 18.5. The molecule has 1 heterocycles. The van der Waals surface area contributed by atoms with Crippen LogP contribution in [-0.2, 0) is 35.6 Å². The number of aryl methyl sites for hydroxylation is 1. The third-order valence-corrected chi connectivity index (χ3v) is 7.17. The molecule has 13 heteroatoms. The van der Waals surface area contributed by atoms with Crippen molar-refractivity contribution < 1.29 is 32.7 Å². The lowest BCUT2D eigenvalue weighted by molar-refractivity contribution is -0.139. The van der Waals surface area contributed by atoms with E-state index in [2.05, 4.69) is 25.3 Å². The van der Waals surface area contributed by atoms with Crippen LogP contribution < -0.4 is 4.72 Å². The number of rotatable bonds is 23. The average molecular weight is 574 g/mol. The molecule has 1 rings (SSSR count). The lowest BCUT2D eigenvalue weighted by atomic mass is 10.0. The molecule has 0 aromatic carbocycles. The summed E-state index contributed by atoms with van der Waals surface area (Å²) in [6.07, 6.45) is 16.4. The maximum atomic E-state index is 11.8. The standard InChI is InChI=1S/C22H41N5O4S.C4H6O3/c1-20(28)16-15-19-32(30,31)25-22(29)18-14-12-10-8-6-4-2-3-5-7-9-11-13-17-21-23-26-27-24-21;1-3(5)2-4(6)7/h2-19H2,1H3,(H,25,29)(H,23,24,26,27);2H2,1H3,(H,6,7). The second-order valence-electron chi connectivity index (χ2n) is 9.85. The predicted molar refractivity (Wildman–Crippen MR) is 147 cm³/mol. The van der Waals surface area contributed by atoms with E-state index in [4.69, 9.17) is 5.11 Å². The van der Waals surface area contributed by atoms with Gasteiger partial charge in [0.1, 0.15) is 18.0 Å². The summed E-state index contributed by atoms with van der Waals surface area (Å²) in [7, 11) is -3.62. The Morgan fingerprint density at radius 2 is 1.26 bits per heavy atom. The molecule has 3 N–H and O–H groups in total. The topological polar surface area (TPSA) is 189 Å². The number of tetrazole rings is 1. The number of nitrogens with one attached hydrogen (secondary N) is 2. The molecule has 0 spiro atoms. The molecule has 12 nitrogen and oxygen atoms in total. The minimum Gasteiger partial charge on any atom is -0.481 e. The zero-order chi connectivity index (χ0) is 29.4. The molecule has 0 aliphatic heterocycles. The maximum Gasteiger partial charge on any atom is 0.310 e. The van der Waals surface area contributed by atoms with Crippen molar-refractivity contribution in [3.8, 4) is 0 Å². The highest BCUT2D eigenvalue weighted by molar-refractivity contribution is 7.90. The molecule has 0 aliphatic rings. The van der Waals surface area contributed by atoms with E-state index in [0.717, 1.165) is 31.5 Å². The van der Waals surface area contributed by atoms with Gasteiger partial charge in [0.05, 0.1) is 5.75 Å². The number of carboxylic acid groups (broad SMARTS) is 1. The minimum absolute atomic E-state index is 0.0455. The van der Waals surface area contributed by atoms with Gasteiger partial charge in [-0.1, -0.05) is 75.8 Å². The molecule has 0 saturated heterocycles. The molecular formula is C26H47N5O7S. The molecule has 0 bridgehead atoms. The number of hydrogen-bond acceptors (Lipinski definition) is 9. The van der Waals surface area contributed by atoms with Crippen LogP contribution in [0.3, 0.4) is 0 Å². The van der Waals surface area contributed by atoms with E-state index in [9.17, 15) is 27.6 Å². The Hall–Kier alpha value is -2.70. The molecule has 39 heavy (non-hydrogen) atoms. The molecule has 0 aliphatic carbocycles. The van der Waals surface area contributed by atoms with Gasteiger partial charge in [0, 0.05) is 19.3 Å². The summed E-state index contributed by atoms with van der Waals surface area (Å²) in [4.78, 5) is 42.1. The molecule has 0 saturated carbocycles. The van der Waals surface area contributed by atoms with E-state index < -0.39 is 21.9 Å². The minimum atomic E-state index is -3.62. The number of aliphatic carboxylic acids is 1. The molecule has 1 aromatic rings. The molecule has 224 valence electrons. The highest BCUT2D eigenvalue weighted by Gasteiger charge is 2.14. The van der Waals surface area contributed by atoms with E-state index in [1.165, 1.54) is 71.6 Å². The van der Waals surface area contributed by atoms with Crippen molar-refractivity contribution in [1.29, 1.82) is 0 Å². The van der Waals surface area contributed by atoms with Gasteiger partial charge in [-0.25, -0.2) is 8.42 Å². The van der Waals surface area contributed by atoms with Crippen LogP contribution in [0.2, 0.25) is 0 Å². The zero-order valence-electron chi connectivity index (χ0n) is 23.6. The van der Waals surface area contributed by atoms with Crippen LogP contribution in [0.4, 0.5) is 0 Å². The highest BCUT2D eigenvalue weighted by atomic mass is 32.2. The Kier molecular flexibility index (Phi) is 21.6. The van der Waals surface area contributed by atoms with Crippen molar-refractivity contribution in [3.05, 3.63) is 5.82 Å². The van der Waals surface area contributed by atoms with E-state index >= 15 is 0 Å². The highest BCUT2D eigenvalue weighted by Crippen LogP contribution is 2.13. The monoisotopic (exact) mass is 573 g/mol. The second kappa shape index (κ2) is 23.2. The molecule has 1 aromatic heterocycles. The number of ketones is 2. The number of Topliss-reactive ketones (excluding diaryl/α,β-unsaturated/α-hetero) is 2. The van der Waals surface area contributed by atoms with Gasteiger partial charge in [-0.3, -0.25) is 19.1 Å². The second-order valence-corrected chi connectivity index (χ2v) is 11.7. The van der Waals surface area contributed by atoms with Gasteiger partial charge in [-0.15, -0.1) is 10.2 Å². The number of amides is 1. The molecule has 0 atom stereocenters. The van der Waals surface area contributed by atoms with Gasteiger partial charge in [-0.2, -0.15) is 5.21 Å². The third-order valence-electron chi connectivity index (χ3n) is 5.80. The Balaban J connectivity index is 0.00000181. The zero-order valence-corrected chi connectivity index (χ0v) is 24.4. The third kappa shape index (κ3) is 26.7. The molecule has 0 unspecified atom stereocenters. The van der Waals surface area contributed by atoms with Gasteiger partial charge in [0.15, 0.2) is 5.82 Å². The van der Waals surface area contributed by atoms with Gasteiger partial charge >= 0.3 is 5.97 Å². The number of carboxylic acids is 1. The lowest BCUT2D eigenvalue weighted by Gasteiger charge is -2.06. The fraction of sp³-hybridized carbons (Fsp3) is 0.808. The number of H-pyrrole nitrogens is 1. The predicted octanol–water partition coefficient (Wildman–Crippen LogP) is 4.07. The Labute approximate surface area is 232 Å². The summed E-state index contributed by atoms with van der Waals surface area (Å²) in [5, 5.41) is 21.8. The van der Waals surface area contributed by atoms with Gasteiger partial charge < -0.3 is 9.90 Å².